The number of fused-ring (bicyclic) bond motifs is 1. The zero-order valence-electron chi connectivity index (χ0n) is 19.0. The highest BCUT2D eigenvalue weighted by Crippen LogP contribution is 2.34. The predicted molar refractivity (Wildman–Crippen MR) is 133 cm³/mol. The molecule has 1 amide bonds. The molecule has 0 aliphatic carbocycles. The number of nitrogens with zero attached hydrogens (tertiary/aromatic N) is 4. The van der Waals surface area contributed by atoms with E-state index in [0.29, 0.717) is 18.0 Å². The van der Waals surface area contributed by atoms with Crippen LogP contribution in [0.25, 0.3) is 10.2 Å². The number of anilines is 1. The Labute approximate surface area is 206 Å². The Morgan fingerprint density at radius 2 is 1.97 bits per heavy atom. The van der Waals surface area contributed by atoms with Crippen LogP contribution in [0, 0.1) is 12.7 Å². The van der Waals surface area contributed by atoms with Gasteiger partial charge in [-0.3, -0.25) is 14.7 Å². The van der Waals surface area contributed by atoms with Gasteiger partial charge in [0.15, 0.2) is 5.13 Å². The van der Waals surface area contributed by atoms with Crippen molar-refractivity contribution >= 4 is 42.6 Å². The van der Waals surface area contributed by atoms with E-state index in [4.69, 9.17) is 4.98 Å². The van der Waals surface area contributed by atoms with E-state index in [0.717, 1.165) is 33.5 Å². The van der Waals surface area contributed by atoms with E-state index in [-0.39, 0.29) is 23.9 Å². The number of aryl methyl sites for hydroxylation is 1. The van der Waals surface area contributed by atoms with Gasteiger partial charge in [0.1, 0.15) is 11.9 Å². The van der Waals surface area contributed by atoms with E-state index >= 15 is 0 Å². The summed E-state index contributed by atoms with van der Waals surface area (Å²) in [5.41, 5.74) is 2.63. The van der Waals surface area contributed by atoms with Gasteiger partial charge in [0.2, 0.25) is 15.9 Å². The van der Waals surface area contributed by atoms with Gasteiger partial charge < -0.3 is 0 Å². The van der Waals surface area contributed by atoms with Crippen LogP contribution in [-0.2, 0) is 21.4 Å². The molecule has 4 aromatic rings. The third-order valence-electron chi connectivity index (χ3n) is 6.08. The number of benzene rings is 2. The number of hydrogen-bond donors (Lipinski definition) is 0. The maximum Gasteiger partial charge on any atom is 0.247 e. The van der Waals surface area contributed by atoms with Crippen LogP contribution in [0.4, 0.5) is 9.52 Å². The average molecular weight is 511 g/mol. The van der Waals surface area contributed by atoms with Gasteiger partial charge >= 0.3 is 0 Å². The molecule has 1 fully saturated rings. The van der Waals surface area contributed by atoms with Gasteiger partial charge in [-0.2, -0.15) is 4.31 Å². The number of carbonyl (C=O) groups is 1. The van der Waals surface area contributed by atoms with Crippen LogP contribution in [0.5, 0.6) is 0 Å². The molecule has 35 heavy (non-hydrogen) atoms. The summed E-state index contributed by atoms with van der Waals surface area (Å²) in [7, 11) is -3.98. The Kier molecular flexibility index (Phi) is 6.35. The molecule has 1 aliphatic heterocycles. The van der Waals surface area contributed by atoms with E-state index in [9.17, 15) is 17.6 Å². The molecule has 0 bridgehead atoms. The summed E-state index contributed by atoms with van der Waals surface area (Å²) < 4.78 is 42.3. The number of carbonyl (C=O) groups excluding carboxylic acids is 1. The molecule has 5 rings (SSSR count). The number of pyridine rings is 1. The Morgan fingerprint density at radius 1 is 1.17 bits per heavy atom. The Morgan fingerprint density at radius 3 is 2.69 bits per heavy atom. The molecular formula is C25H23FN4O3S2. The van der Waals surface area contributed by atoms with Crippen molar-refractivity contribution in [1.82, 2.24) is 14.3 Å². The Hall–Kier alpha value is -3.21. The van der Waals surface area contributed by atoms with Crippen molar-refractivity contribution in [1.29, 1.82) is 0 Å². The quantitative estimate of drug-likeness (QED) is 0.381. The van der Waals surface area contributed by atoms with E-state index < -0.39 is 21.9 Å². The summed E-state index contributed by atoms with van der Waals surface area (Å²) in [6.07, 6.45) is 4.29. The Bertz CT molecular complexity index is 1470. The highest BCUT2D eigenvalue weighted by molar-refractivity contribution is 7.89. The van der Waals surface area contributed by atoms with Gasteiger partial charge in [0.05, 0.1) is 21.7 Å². The maximum atomic E-state index is 14.0. The molecule has 1 atom stereocenters. The number of amides is 1. The molecule has 1 aliphatic rings. The highest BCUT2D eigenvalue weighted by atomic mass is 32.2. The van der Waals surface area contributed by atoms with Crippen LogP contribution in [0.2, 0.25) is 0 Å². The fourth-order valence-corrected chi connectivity index (χ4v) is 7.00. The number of aromatic nitrogens is 2. The molecule has 2 aromatic heterocycles. The van der Waals surface area contributed by atoms with Gasteiger partial charge in [-0.05, 0) is 67.3 Å². The molecule has 7 nitrogen and oxygen atoms in total. The van der Waals surface area contributed by atoms with E-state index in [1.54, 1.807) is 23.4 Å². The third-order valence-corrected chi connectivity index (χ3v) is 9.04. The molecule has 2 aromatic carbocycles. The zero-order chi connectivity index (χ0) is 24.6. The van der Waals surface area contributed by atoms with Crippen molar-refractivity contribution in [3.05, 3.63) is 83.9 Å². The summed E-state index contributed by atoms with van der Waals surface area (Å²) in [5.74, 6) is -0.861. The molecule has 3 heterocycles. The van der Waals surface area contributed by atoms with Crippen LogP contribution >= 0.6 is 11.3 Å². The lowest BCUT2D eigenvalue weighted by Crippen LogP contribution is -2.47. The fraction of sp³-hybridized carbons (Fsp3) is 0.240. The zero-order valence-corrected chi connectivity index (χ0v) is 20.6. The number of para-hydroxylation sites is 1. The molecule has 180 valence electrons. The summed E-state index contributed by atoms with van der Waals surface area (Å²) in [6, 6.07) is 13.3. The van der Waals surface area contributed by atoms with Gasteiger partial charge in [0, 0.05) is 18.9 Å². The van der Waals surface area contributed by atoms with E-state index in [1.165, 1.54) is 27.8 Å². The normalized spacial score (nSPS) is 16.6. The molecule has 10 heteroatoms. The van der Waals surface area contributed by atoms with Crippen molar-refractivity contribution in [3.8, 4) is 0 Å². The van der Waals surface area contributed by atoms with Crippen molar-refractivity contribution in [2.45, 2.75) is 37.2 Å². The van der Waals surface area contributed by atoms with Gasteiger partial charge in [-0.15, -0.1) is 0 Å². The number of rotatable bonds is 6. The van der Waals surface area contributed by atoms with Crippen LogP contribution in [0.3, 0.4) is 0 Å². The first kappa shape index (κ1) is 23.5. The van der Waals surface area contributed by atoms with Crippen molar-refractivity contribution in [2.75, 3.05) is 11.4 Å². The average Bonchev–Trinajstić information content (AvgIpc) is 3.52. The number of hydrogen-bond acceptors (Lipinski definition) is 6. The summed E-state index contributed by atoms with van der Waals surface area (Å²) in [6.45, 7) is 2.40. The second-order valence-corrected chi connectivity index (χ2v) is 11.3. The van der Waals surface area contributed by atoms with Crippen LogP contribution in [-0.4, -0.2) is 41.2 Å². The molecular weight excluding hydrogens is 487 g/mol. The maximum absolute atomic E-state index is 14.0. The second kappa shape index (κ2) is 9.44. The van der Waals surface area contributed by atoms with Crippen molar-refractivity contribution in [2.24, 2.45) is 0 Å². The second-order valence-electron chi connectivity index (χ2n) is 8.43. The number of thiazole rings is 1. The molecule has 0 N–H and O–H groups in total. The van der Waals surface area contributed by atoms with Crippen LogP contribution in [0.15, 0.2) is 71.9 Å². The standard InChI is InChI=1S/C25H23FN4O3S2/c1-17-5-2-8-22-23(17)28-25(34-22)29(16-18-6-3-13-27-15-18)24(31)21-7-4-14-30(21)35(32,33)20-11-9-19(26)10-12-20/h2-3,5-6,8-13,15,21H,4,7,14,16H2,1H3. The first-order valence-corrected chi connectivity index (χ1v) is 13.4. The van der Waals surface area contributed by atoms with Crippen LogP contribution < -0.4 is 4.90 Å². The molecule has 0 spiro atoms. The minimum absolute atomic E-state index is 0.0342. The monoisotopic (exact) mass is 510 g/mol. The lowest BCUT2D eigenvalue weighted by Gasteiger charge is -2.28. The summed E-state index contributed by atoms with van der Waals surface area (Å²) in [5, 5.41) is 0.509. The third kappa shape index (κ3) is 4.56. The minimum atomic E-state index is -3.98. The lowest BCUT2D eigenvalue weighted by atomic mass is 10.2. The van der Waals surface area contributed by atoms with Gasteiger partial charge in [-0.25, -0.2) is 17.8 Å². The topological polar surface area (TPSA) is 83.5 Å². The fourth-order valence-electron chi connectivity index (χ4n) is 4.30. The van der Waals surface area contributed by atoms with Crippen molar-refractivity contribution < 1.29 is 17.6 Å². The Balaban J connectivity index is 1.53. The SMILES string of the molecule is Cc1cccc2sc(N(Cc3cccnc3)C(=O)C3CCCN3S(=O)(=O)c3ccc(F)cc3)nc12. The number of sulfonamides is 1. The first-order valence-electron chi connectivity index (χ1n) is 11.2. The number of halogens is 1. The summed E-state index contributed by atoms with van der Waals surface area (Å²) in [4.78, 5) is 24.4. The minimum Gasteiger partial charge on any atom is -0.282 e. The smallest absolute Gasteiger partial charge is 0.247 e. The van der Waals surface area contributed by atoms with E-state index in [2.05, 4.69) is 4.98 Å². The van der Waals surface area contributed by atoms with Crippen molar-refractivity contribution in [3.63, 3.8) is 0 Å². The molecule has 0 radical (unpaired) electrons. The van der Waals surface area contributed by atoms with Crippen LogP contribution in [0.1, 0.15) is 24.0 Å². The van der Waals surface area contributed by atoms with E-state index in [1.807, 2.05) is 31.2 Å². The van der Waals surface area contributed by atoms with Gasteiger partial charge in [0.25, 0.3) is 0 Å². The highest BCUT2D eigenvalue weighted by Gasteiger charge is 2.42. The van der Waals surface area contributed by atoms with Gasteiger partial charge in [-0.1, -0.05) is 29.5 Å². The largest absolute Gasteiger partial charge is 0.282 e. The summed E-state index contributed by atoms with van der Waals surface area (Å²) >= 11 is 1.40. The first-order chi connectivity index (χ1) is 16.8. The molecule has 1 saturated heterocycles. The lowest BCUT2D eigenvalue weighted by molar-refractivity contribution is -0.121. The molecule has 0 saturated carbocycles. The predicted octanol–water partition coefficient (Wildman–Crippen LogP) is 4.53. The molecule has 1 unspecified atom stereocenters.